The average molecular weight is 559 g/mol. The molecule has 0 unspecified atom stereocenters. The number of benzene rings is 4. The SMILES string of the molecule is O=S(=O)([O-])c1cccc2c(Sc3ccc(Cl)c4c(S(=O)(=O)[O-])cccc34)ccc(Cl)c12.[Na+].[Na+]. The summed E-state index contributed by atoms with van der Waals surface area (Å²) < 4.78 is 70.1. The van der Waals surface area contributed by atoms with Gasteiger partial charge in [-0.2, -0.15) is 0 Å². The second kappa shape index (κ2) is 11.0. The second-order valence-corrected chi connectivity index (χ2v) is 11.1. The van der Waals surface area contributed by atoms with Gasteiger partial charge in [0.15, 0.2) is 0 Å². The Morgan fingerprint density at radius 3 is 1.30 bits per heavy atom. The molecule has 0 saturated heterocycles. The summed E-state index contributed by atoms with van der Waals surface area (Å²) in [6.07, 6.45) is 0. The Kier molecular flexibility index (Phi) is 9.83. The van der Waals surface area contributed by atoms with Gasteiger partial charge in [0.2, 0.25) is 0 Å². The third-order valence-electron chi connectivity index (χ3n) is 4.58. The molecule has 0 radical (unpaired) electrons. The minimum absolute atomic E-state index is 0. The van der Waals surface area contributed by atoms with Gasteiger partial charge in [-0.25, -0.2) is 16.8 Å². The number of fused-ring (bicyclic) bond motifs is 2. The van der Waals surface area contributed by atoms with Gasteiger partial charge in [0.25, 0.3) is 0 Å². The van der Waals surface area contributed by atoms with Gasteiger partial charge in [-0.05, 0) is 47.2 Å². The third-order valence-corrected chi connectivity index (χ3v) is 8.12. The first-order chi connectivity index (χ1) is 14.5. The molecule has 0 fully saturated rings. The van der Waals surface area contributed by atoms with Crippen LogP contribution in [-0.2, 0) is 20.2 Å². The standard InChI is InChI=1S/C20H12Cl2O6S3.2Na/c21-13-7-9-15(11-3-1-5-17(19(11)13)30(23,24)25)29-16-10-8-14(22)20-12(16)4-2-6-18(20)31(26,27)28;;/h1-10H,(H,23,24,25)(H,26,27,28);;/q;2*+1/p-2. The molecule has 33 heavy (non-hydrogen) atoms. The monoisotopic (exact) mass is 558 g/mol. The first kappa shape index (κ1) is 29.4. The summed E-state index contributed by atoms with van der Waals surface area (Å²) in [5.41, 5.74) is 0. The van der Waals surface area contributed by atoms with E-state index in [2.05, 4.69) is 0 Å². The summed E-state index contributed by atoms with van der Waals surface area (Å²) in [6.45, 7) is 0. The normalized spacial score (nSPS) is 11.8. The van der Waals surface area contributed by atoms with Crippen LogP contribution in [0.2, 0.25) is 10.0 Å². The van der Waals surface area contributed by atoms with E-state index < -0.39 is 30.0 Å². The van der Waals surface area contributed by atoms with Gasteiger partial charge in [-0.1, -0.05) is 59.2 Å². The van der Waals surface area contributed by atoms with E-state index in [0.29, 0.717) is 20.6 Å². The molecule has 0 aromatic heterocycles. The van der Waals surface area contributed by atoms with Crippen LogP contribution in [0.1, 0.15) is 0 Å². The zero-order valence-corrected chi connectivity index (χ0v) is 25.2. The van der Waals surface area contributed by atoms with Crippen LogP contribution in [0.3, 0.4) is 0 Å². The van der Waals surface area contributed by atoms with Gasteiger partial charge in [-0.15, -0.1) is 0 Å². The molecule has 13 heteroatoms. The summed E-state index contributed by atoms with van der Waals surface area (Å²) in [6, 6.07) is 14.8. The van der Waals surface area contributed by atoms with Crippen molar-refractivity contribution in [3.63, 3.8) is 0 Å². The summed E-state index contributed by atoms with van der Waals surface area (Å²) in [7, 11) is -9.53. The van der Waals surface area contributed by atoms with Crippen molar-refractivity contribution in [2.24, 2.45) is 0 Å². The van der Waals surface area contributed by atoms with Gasteiger partial charge in [0.05, 0.1) is 9.79 Å². The maximum atomic E-state index is 11.7. The zero-order chi connectivity index (χ0) is 22.6. The zero-order valence-electron chi connectivity index (χ0n) is 17.2. The smallest absolute Gasteiger partial charge is 0.744 e. The molecule has 0 amide bonds. The number of rotatable bonds is 4. The molecule has 4 aromatic carbocycles. The van der Waals surface area contributed by atoms with Crippen molar-refractivity contribution in [1.82, 2.24) is 0 Å². The molecule has 0 bridgehead atoms. The van der Waals surface area contributed by atoms with Crippen molar-refractivity contribution in [2.45, 2.75) is 19.6 Å². The Hall–Kier alpha value is 0.150. The van der Waals surface area contributed by atoms with Crippen LogP contribution in [-0.4, -0.2) is 25.9 Å². The van der Waals surface area contributed by atoms with Crippen LogP contribution in [0, 0.1) is 0 Å². The van der Waals surface area contributed by atoms with Crippen molar-refractivity contribution in [3.05, 3.63) is 70.7 Å². The quantitative estimate of drug-likeness (QED) is 0.239. The van der Waals surface area contributed by atoms with E-state index in [1.54, 1.807) is 24.3 Å². The predicted molar refractivity (Wildman–Crippen MR) is 118 cm³/mol. The summed E-state index contributed by atoms with van der Waals surface area (Å²) >= 11 is 13.6. The Bertz CT molecular complexity index is 1470. The Morgan fingerprint density at radius 1 is 0.606 bits per heavy atom. The van der Waals surface area contributed by atoms with E-state index in [9.17, 15) is 25.9 Å². The molecule has 160 valence electrons. The van der Waals surface area contributed by atoms with Crippen LogP contribution in [0.5, 0.6) is 0 Å². The van der Waals surface area contributed by atoms with E-state index in [1.165, 1.54) is 48.2 Å². The summed E-state index contributed by atoms with van der Waals surface area (Å²) in [5, 5.41) is 1.29. The number of hydrogen-bond acceptors (Lipinski definition) is 7. The molecule has 4 rings (SSSR count). The van der Waals surface area contributed by atoms with Gasteiger partial charge in [0, 0.05) is 30.6 Å². The molecular weight excluding hydrogens is 549 g/mol. The Labute approximate surface area is 249 Å². The third kappa shape index (κ3) is 5.94. The maximum Gasteiger partial charge on any atom is 1.00 e. The minimum atomic E-state index is -4.77. The molecule has 0 saturated carbocycles. The first-order valence-electron chi connectivity index (χ1n) is 8.50. The van der Waals surface area contributed by atoms with Crippen LogP contribution >= 0.6 is 35.0 Å². The van der Waals surface area contributed by atoms with E-state index in [1.807, 2.05) is 0 Å². The van der Waals surface area contributed by atoms with E-state index in [0.717, 1.165) is 0 Å². The number of halogens is 2. The molecule has 6 nitrogen and oxygen atoms in total. The maximum absolute atomic E-state index is 11.7. The van der Waals surface area contributed by atoms with Gasteiger partial charge < -0.3 is 9.11 Å². The molecule has 0 spiro atoms. The molecule has 0 aliphatic carbocycles. The topological polar surface area (TPSA) is 114 Å². The van der Waals surface area contributed by atoms with Gasteiger partial charge in [-0.3, -0.25) is 0 Å². The fourth-order valence-corrected chi connectivity index (χ4v) is 6.47. The predicted octanol–water partition coefficient (Wildman–Crippen LogP) is -0.733. The fraction of sp³-hybridized carbons (Fsp3) is 0. The second-order valence-electron chi connectivity index (χ2n) is 6.46. The van der Waals surface area contributed by atoms with Gasteiger partial charge >= 0.3 is 59.1 Å². The van der Waals surface area contributed by atoms with Crippen molar-refractivity contribution < 1.29 is 85.1 Å². The first-order valence-corrected chi connectivity index (χ1v) is 12.9. The summed E-state index contributed by atoms with van der Waals surface area (Å²) in [5.74, 6) is 0. The largest absolute Gasteiger partial charge is 1.00 e. The minimum Gasteiger partial charge on any atom is -0.744 e. The van der Waals surface area contributed by atoms with Crippen molar-refractivity contribution in [3.8, 4) is 0 Å². The van der Waals surface area contributed by atoms with Crippen LogP contribution < -0.4 is 59.1 Å². The van der Waals surface area contributed by atoms with Crippen molar-refractivity contribution >= 4 is 76.7 Å². The van der Waals surface area contributed by atoms with Crippen LogP contribution in [0.25, 0.3) is 21.5 Å². The molecule has 0 atom stereocenters. The van der Waals surface area contributed by atoms with Gasteiger partial charge in [0.1, 0.15) is 20.2 Å². The summed E-state index contributed by atoms with van der Waals surface area (Å²) in [4.78, 5) is 0.282. The van der Waals surface area contributed by atoms with E-state index >= 15 is 0 Å². The Morgan fingerprint density at radius 2 is 0.970 bits per heavy atom. The molecular formula is C20H10Cl2Na2O6S3. The van der Waals surface area contributed by atoms with Crippen molar-refractivity contribution in [1.29, 1.82) is 0 Å². The number of hydrogen-bond donors (Lipinski definition) is 0. The molecule has 0 heterocycles. The fourth-order valence-electron chi connectivity index (χ4n) is 3.32. The van der Waals surface area contributed by atoms with Crippen molar-refractivity contribution in [2.75, 3.05) is 0 Å². The molecule has 0 aliphatic heterocycles. The van der Waals surface area contributed by atoms with E-state index in [4.69, 9.17) is 23.2 Å². The average Bonchev–Trinajstić information content (AvgIpc) is 2.70. The molecule has 0 N–H and O–H groups in total. The molecule has 0 aliphatic rings. The Balaban J connectivity index is 0.00000193. The van der Waals surface area contributed by atoms with Crippen LogP contribution in [0.15, 0.2) is 80.2 Å². The van der Waals surface area contributed by atoms with Crippen LogP contribution in [0.4, 0.5) is 0 Å². The molecule has 4 aromatic rings. The van der Waals surface area contributed by atoms with E-state index in [-0.39, 0.29) is 79.9 Å².